The molecule has 8 nitrogen and oxygen atoms in total. The predicted molar refractivity (Wildman–Crippen MR) is 81.5 cm³/mol. The molecule has 0 fully saturated rings. The zero-order valence-electron chi connectivity index (χ0n) is 10.8. The topological polar surface area (TPSA) is 122 Å². The normalized spacial score (nSPS) is 10.9. The van der Waals surface area contributed by atoms with Gasteiger partial charge in [0.15, 0.2) is 0 Å². The molecule has 0 unspecified atom stereocenters. The van der Waals surface area contributed by atoms with Crippen LogP contribution in [0.2, 0.25) is 0 Å². The molecule has 0 aliphatic rings. The SMILES string of the molecule is [N-]=[N+]=NC(=O)/C(=C/c1ccc([N+](=O)[O-])o1)c1ccc(Br)cc1. The van der Waals surface area contributed by atoms with Crippen molar-refractivity contribution in [2.45, 2.75) is 0 Å². The molecule has 2 rings (SSSR count). The molecule has 9 heteroatoms. The second-order valence-electron chi connectivity index (χ2n) is 3.99. The number of benzene rings is 1. The number of nitro groups is 1. The number of nitrogens with zero attached hydrogens (tertiary/aromatic N) is 4. The van der Waals surface area contributed by atoms with Crippen LogP contribution in [0.15, 0.2) is 50.4 Å². The first-order chi connectivity index (χ1) is 10.5. The second-order valence-corrected chi connectivity index (χ2v) is 4.91. The molecule has 0 spiro atoms. The first-order valence-corrected chi connectivity index (χ1v) is 6.62. The molecule has 0 atom stereocenters. The van der Waals surface area contributed by atoms with Gasteiger partial charge in [0.2, 0.25) is 5.91 Å². The van der Waals surface area contributed by atoms with Crippen LogP contribution in [0, 0.1) is 10.1 Å². The van der Waals surface area contributed by atoms with E-state index in [4.69, 9.17) is 9.95 Å². The maximum atomic E-state index is 11.9. The maximum absolute atomic E-state index is 11.9. The van der Waals surface area contributed by atoms with Crippen molar-refractivity contribution in [3.05, 3.63) is 72.8 Å². The van der Waals surface area contributed by atoms with Gasteiger partial charge in [0, 0.05) is 15.0 Å². The molecule has 0 bridgehead atoms. The van der Waals surface area contributed by atoms with E-state index >= 15 is 0 Å². The van der Waals surface area contributed by atoms with E-state index < -0.39 is 16.7 Å². The summed E-state index contributed by atoms with van der Waals surface area (Å²) in [5.41, 5.74) is 8.96. The van der Waals surface area contributed by atoms with Crippen LogP contribution in [0.5, 0.6) is 0 Å². The van der Waals surface area contributed by atoms with Gasteiger partial charge in [-0.05, 0) is 40.5 Å². The first-order valence-electron chi connectivity index (χ1n) is 5.82. The van der Waals surface area contributed by atoms with Crippen LogP contribution in [-0.2, 0) is 4.79 Å². The Kier molecular flexibility index (Phi) is 4.72. The number of carbonyl (C=O) groups excluding carboxylic acids is 1. The minimum absolute atomic E-state index is 0.0644. The number of amides is 1. The van der Waals surface area contributed by atoms with Gasteiger partial charge in [0.1, 0.15) is 10.7 Å². The predicted octanol–water partition coefficient (Wildman–Crippen LogP) is 4.33. The second kappa shape index (κ2) is 6.70. The summed E-state index contributed by atoms with van der Waals surface area (Å²) in [5.74, 6) is -1.16. The van der Waals surface area contributed by atoms with Crippen molar-refractivity contribution in [1.82, 2.24) is 0 Å². The summed E-state index contributed by atoms with van der Waals surface area (Å²) >= 11 is 3.27. The van der Waals surface area contributed by atoms with Crippen molar-refractivity contribution in [1.29, 1.82) is 0 Å². The lowest BCUT2D eigenvalue weighted by Gasteiger charge is -2.03. The molecule has 1 aromatic heterocycles. The number of hydrogen-bond donors (Lipinski definition) is 0. The van der Waals surface area contributed by atoms with E-state index in [-0.39, 0.29) is 11.3 Å². The Morgan fingerprint density at radius 3 is 2.55 bits per heavy atom. The first kappa shape index (κ1) is 15.5. The van der Waals surface area contributed by atoms with Crippen LogP contribution >= 0.6 is 15.9 Å². The number of hydrogen-bond acceptors (Lipinski definition) is 4. The van der Waals surface area contributed by atoms with Crippen LogP contribution in [0.25, 0.3) is 22.1 Å². The zero-order chi connectivity index (χ0) is 16.1. The summed E-state index contributed by atoms with van der Waals surface area (Å²) in [7, 11) is 0. The fourth-order valence-electron chi connectivity index (χ4n) is 1.65. The molecule has 0 aliphatic heterocycles. The minimum Gasteiger partial charge on any atom is -0.401 e. The van der Waals surface area contributed by atoms with Crippen molar-refractivity contribution in [3.63, 3.8) is 0 Å². The molecule has 0 radical (unpaired) electrons. The Bertz CT molecular complexity index is 804. The Morgan fingerprint density at radius 2 is 2.00 bits per heavy atom. The molecule has 0 saturated carbocycles. The highest BCUT2D eigenvalue weighted by Crippen LogP contribution is 2.24. The van der Waals surface area contributed by atoms with E-state index in [1.165, 1.54) is 18.2 Å². The van der Waals surface area contributed by atoms with Gasteiger partial charge in [-0.3, -0.25) is 14.9 Å². The largest absolute Gasteiger partial charge is 0.433 e. The maximum Gasteiger partial charge on any atom is 0.433 e. The molecule has 1 heterocycles. The van der Waals surface area contributed by atoms with Crippen molar-refractivity contribution in [3.8, 4) is 0 Å². The molecule has 0 N–H and O–H groups in total. The lowest BCUT2D eigenvalue weighted by Crippen LogP contribution is -1.97. The van der Waals surface area contributed by atoms with E-state index in [1.54, 1.807) is 24.3 Å². The summed E-state index contributed by atoms with van der Waals surface area (Å²) in [6, 6.07) is 9.20. The summed E-state index contributed by atoms with van der Waals surface area (Å²) < 4.78 is 5.78. The van der Waals surface area contributed by atoms with Gasteiger partial charge in [-0.15, -0.1) is 0 Å². The van der Waals surface area contributed by atoms with E-state index in [9.17, 15) is 14.9 Å². The Balaban J connectivity index is 2.49. The van der Waals surface area contributed by atoms with E-state index in [0.29, 0.717) is 5.56 Å². The summed E-state index contributed by atoms with van der Waals surface area (Å²) in [6.45, 7) is 0. The van der Waals surface area contributed by atoms with Gasteiger partial charge in [-0.2, -0.15) is 0 Å². The molecule has 0 saturated heterocycles. The quantitative estimate of drug-likeness (QED) is 0.200. The third kappa shape index (κ3) is 3.60. The van der Waals surface area contributed by atoms with Gasteiger partial charge >= 0.3 is 5.88 Å². The molecule has 2 aromatic rings. The number of halogens is 1. The molecule has 1 aromatic carbocycles. The smallest absolute Gasteiger partial charge is 0.401 e. The summed E-state index contributed by atoms with van der Waals surface area (Å²) in [5, 5.41) is 13.6. The van der Waals surface area contributed by atoms with E-state index in [2.05, 4.69) is 26.0 Å². The molecule has 22 heavy (non-hydrogen) atoms. The molecular weight excluding hydrogens is 356 g/mol. The summed E-state index contributed by atoms with van der Waals surface area (Å²) in [4.78, 5) is 24.3. The van der Waals surface area contributed by atoms with Crippen LogP contribution < -0.4 is 0 Å². The fourth-order valence-corrected chi connectivity index (χ4v) is 1.92. The monoisotopic (exact) mass is 362 g/mol. The number of carbonyl (C=O) groups is 1. The van der Waals surface area contributed by atoms with Crippen LogP contribution in [0.1, 0.15) is 11.3 Å². The van der Waals surface area contributed by atoms with Crippen LogP contribution in [-0.4, -0.2) is 10.8 Å². The molecule has 1 amide bonds. The van der Waals surface area contributed by atoms with Crippen molar-refractivity contribution in [2.24, 2.45) is 5.11 Å². The van der Waals surface area contributed by atoms with Gasteiger partial charge in [-0.1, -0.05) is 28.1 Å². The number of furan rings is 1. The Labute approximate surface area is 132 Å². The average Bonchev–Trinajstić information content (AvgIpc) is 2.95. The van der Waals surface area contributed by atoms with Gasteiger partial charge in [0.05, 0.1) is 6.07 Å². The Hall–Kier alpha value is -2.90. The minimum atomic E-state index is -0.816. The highest BCUT2D eigenvalue weighted by atomic mass is 79.9. The fraction of sp³-hybridized carbons (Fsp3) is 0. The van der Waals surface area contributed by atoms with Crippen molar-refractivity contribution < 1.29 is 14.1 Å². The van der Waals surface area contributed by atoms with Crippen LogP contribution in [0.4, 0.5) is 5.88 Å². The third-order valence-electron chi connectivity index (χ3n) is 2.60. The molecular formula is C13H7BrN4O4. The number of azide groups is 1. The van der Waals surface area contributed by atoms with Crippen molar-refractivity contribution in [2.75, 3.05) is 0 Å². The highest BCUT2D eigenvalue weighted by molar-refractivity contribution is 9.10. The highest BCUT2D eigenvalue weighted by Gasteiger charge is 2.15. The van der Waals surface area contributed by atoms with E-state index in [0.717, 1.165) is 4.47 Å². The third-order valence-corrected chi connectivity index (χ3v) is 3.13. The zero-order valence-corrected chi connectivity index (χ0v) is 12.4. The lowest BCUT2D eigenvalue weighted by atomic mass is 10.0. The average molecular weight is 363 g/mol. The molecule has 110 valence electrons. The summed E-state index contributed by atoms with van der Waals surface area (Å²) in [6.07, 6.45) is 1.28. The lowest BCUT2D eigenvalue weighted by molar-refractivity contribution is -0.402. The molecule has 0 aliphatic carbocycles. The van der Waals surface area contributed by atoms with Gasteiger partial charge in [-0.25, -0.2) is 0 Å². The standard InChI is InChI=1S/C13H7BrN4O4/c14-9-3-1-8(2-4-9)11(13(19)16-17-15)7-10-5-6-12(22-10)18(20)21/h1-7H/b11-7+. The van der Waals surface area contributed by atoms with Gasteiger partial charge in [0.25, 0.3) is 0 Å². The Morgan fingerprint density at radius 1 is 1.32 bits per heavy atom. The van der Waals surface area contributed by atoms with Crippen LogP contribution in [0.3, 0.4) is 0 Å². The van der Waals surface area contributed by atoms with E-state index in [1.807, 2.05) is 0 Å². The number of rotatable bonds is 4. The van der Waals surface area contributed by atoms with Gasteiger partial charge < -0.3 is 4.42 Å². The van der Waals surface area contributed by atoms with Crippen molar-refractivity contribution >= 4 is 39.4 Å².